The first-order valence-electron chi connectivity index (χ1n) is 9.84. The molecule has 2 rings (SSSR count). The lowest BCUT2D eigenvalue weighted by Crippen LogP contribution is -2.25. The number of nitriles is 3. The van der Waals surface area contributed by atoms with Crippen LogP contribution in [0.3, 0.4) is 0 Å². The van der Waals surface area contributed by atoms with E-state index in [1.807, 2.05) is 78.8 Å². The summed E-state index contributed by atoms with van der Waals surface area (Å²) in [5.41, 5.74) is 4.01. The average molecular weight is 384 g/mol. The Morgan fingerprint density at radius 2 is 1.07 bits per heavy atom. The van der Waals surface area contributed by atoms with Gasteiger partial charge in [-0.15, -0.1) is 0 Å². The highest BCUT2D eigenvalue weighted by molar-refractivity contribution is 5.45. The Balaban J connectivity index is 2.57. The fourth-order valence-corrected chi connectivity index (χ4v) is 3.53. The van der Waals surface area contributed by atoms with Crippen molar-refractivity contribution in [1.29, 1.82) is 15.8 Å². The van der Waals surface area contributed by atoms with Crippen molar-refractivity contribution < 1.29 is 0 Å². The van der Waals surface area contributed by atoms with Gasteiger partial charge in [0, 0.05) is 0 Å². The van der Waals surface area contributed by atoms with Gasteiger partial charge in [-0.1, -0.05) is 47.5 Å². The molecule has 0 saturated carbocycles. The number of benzene rings is 2. The van der Waals surface area contributed by atoms with E-state index in [0.29, 0.717) is 6.42 Å². The first-order chi connectivity index (χ1) is 13.4. The van der Waals surface area contributed by atoms with Gasteiger partial charge in [-0.3, -0.25) is 0 Å². The molecule has 2 aromatic carbocycles. The molecule has 0 saturated heterocycles. The van der Waals surface area contributed by atoms with Crippen LogP contribution in [-0.2, 0) is 22.7 Å². The van der Waals surface area contributed by atoms with Crippen molar-refractivity contribution in [3.05, 3.63) is 69.8 Å². The summed E-state index contributed by atoms with van der Waals surface area (Å²) in [4.78, 5) is 0. The van der Waals surface area contributed by atoms with E-state index in [1.165, 1.54) is 0 Å². The maximum Gasteiger partial charge on any atom is 0.0834 e. The van der Waals surface area contributed by atoms with Crippen LogP contribution in [0.2, 0.25) is 0 Å². The van der Waals surface area contributed by atoms with Gasteiger partial charge < -0.3 is 0 Å². The van der Waals surface area contributed by atoms with Gasteiger partial charge in [-0.2, -0.15) is 15.8 Å². The van der Waals surface area contributed by atoms with E-state index in [-0.39, 0.29) is 0 Å². The van der Waals surface area contributed by atoms with Gasteiger partial charge in [0.2, 0.25) is 0 Å². The van der Waals surface area contributed by atoms with Crippen molar-refractivity contribution in [3.8, 4) is 18.2 Å². The molecular weight excluding hydrogens is 354 g/mol. The minimum atomic E-state index is -0.742. The smallest absolute Gasteiger partial charge is 0.0834 e. The van der Waals surface area contributed by atoms with E-state index in [2.05, 4.69) is 24.3 Å². The molecular formula is C26H29N3. The number of hydrogen-bond donors (Lipinski definition) is 0. The summed E-state index contributed by atoms with van der Waals surface area (Å²) in [6.45, 7) is 13.6. The molecule has 0 N–H and O–H groups in total. The third kappa shape index (κ3) is 4.67. The zero-order chi connectivity index (χ0) is 22.0. The minimum Gasteiger partial charge on any atom is -0.197 e. The molecule has 0 aliphatic heterocycles. The summed E-state index contributed by atoms with van der Waals surface area (Å²) in [6, 6.07) is 19.4. The molecule has 2 aromatic rings. The summed E-state index contributed by atoms with van der Waals surface area (Å²) in [6.07, 6.45) is 0.537. The molecule has 148 valence electrons. The van der Waals surface area contributed by atoms with E-state index in [0.717, 1.165) is 33.4 Å². The molecule has 3 nitrogen and oxygen atoms in total. The third-order valence-electron chi connectivity index (χ3n) is 5.66. The maximum atomic E-state index is 10.1. The number of aryl methyl sites for hydroxylation is 2. The lowest BCUT2D eigenvalue weighted by atomic mass is 9.74. The van der Waals surface area contributed by atoms with Crippen LogP contribution in [0.4, 0.5) is 0 Å². The van der Waals surface area contributed by atoms with Gasteiger partial charge in [0.15, 0.2) is 0 Å². The average Bonchev–Trinajstić information content (AvgIpc) is 2.66. The second-order valence-corrected chi connectivity index (χ2v) is 9.39. The lowest BCUT2D eigenvalue weighted by Gasteiger charge is -2.27. The molecule has 0 bridgehead atoms. The van der Waals surface area contributed by atoms with Gasteiger partial charge >= 0.3 is 0 Å². The quantitative estimate of drug-likeness (QED) is 0.642. The van der Waals surface area contributed by atoms with Gasteiger partial charge in [0.1, 0.15) is 0 Å². The number of hydrogen-bond acceptors (Lipinski definition) is 3. The lowest BCUT2D eigenvalue weighted by molar-refractivity contribution is 0.597. The monoisotopic (exact) mass is 383 g/mol. The SMILES string of the molecule is Cc1cc(C[C@](C)(C#N)c2cc(C)cc(C(C)(C)C#N)c2)cc(C(C)(C)C#N)c1. The maximum absolute atomic E-state index is 10.1. The van der Waals surface area contributed by atoms with Crippen LogP contribution >= 0.6 is 0 Å². The molecule has 29 heavy (non-hydrogen) atoms. The summed E-state index contributed by atoms with van der Waals surface area (Å²) in [5, 5.41) is 29.2. The fourth-order valence-electron chi connectivity index (χ4n) is 3.53. The molecule has 0 amide bonds. The van der Waals surface area contributed by atoms with Crippen LogP contribution in [0.15, 0.2) is 36.4 Å². The Labute approximate surface area is 175 Å². The molecule has 0 fully saturated rings. The van der Waals surface area contributed by atoms with Crippen LogP contribution in [0.25, 0.3) is 0 Å². The second kappa shape index (κ2) is 7.73. The van der Waals surface area contributed by atoms with Crippen LogP contribution in [0.5, 0.6) is 0 Å². The molecule has 0 spiro atoms. The molecule has 0 aromatic heterocycles. The van der Waals surface area contributed by atoms with E-state index in [4.69, 9.17) is 0 Å². The van der Waals surface area contributed by atoms with Gasteiger partial charge in [-0.05, 0) is 77.1 Å². The van der Waals surface area contributed by atoms with Crippen LogP contribution in [0.1, 0.15) is 68.0 Å². The van der Waals surface area contributed by atoms with E-state index < -0.39 is 16.2 Å². The number of rotatable bonds is 5. The molecule has 0 heterocycles. The Morgan fingerprint density at radius 1 is 0.621 bits per heavy atom. The highest BCUT2D eigenvalue weighted by Crippen LogP contribution is 2.34. The van der Waals surface area contributed by atoms with Gasteiger partial charge in [-0.25, -0.2) is 0 Å². The zero-order valence-corrected chi connectivity index (χ0v) is 18.5. The Bertz CT molecular complexity index is 1050. The normalized spacial score (nSPS) is 13.7. The highest BCUT2D eigenvalue weighted by Gasteiger charge is 2.31. The van der Waals surface area contributed by atoms with Gasteiger partial charge in [0.25, 0.3) is 0 Å². The van der Waals surface area contributed by atoms with Crippen molar-refractivity contribution in [2.75, 3.05) is 0 Å². The van der Waals surface area contributed by atoms with E-state index in [9.17, 15) is 15.8 Å². The Kier molecular flexibility index (Phi) is 5.92. The van der Waals surface area contributed by atoms with E-state index in [1.54, 1.807) is 0 Å². The summed E-state index contributed by atoms with van der Waals surface area (Å²) < 4.78 is 0. The predicted octanol–water partition coefficient (Wildman–Crippen LogP) is 5.93. The topological polar surface area (TPSA) is 71.4 Å². The van der Waals surface area contributed by atoms with Crippen LogP contribution < -0.4 is 0 Å². The zero-order valence-electron chi connectivity index (χ0n) is 18.5. The highest BCUT2D eigenvalue weighted by atomic mass is 14.4. The summed E-state index contributed by atoms with van der Waals surface area (Å²) in [5.74, 6) is 0. The van der Waals surface area contributed by atoms with Crippen LogP contribution in [-0.4, -0.2) is 0 Å². The molecule has 3 heteroatoms. The molecule has 0 aliphatic rings. The molecule has 0 radical (unpaired) electrons. The van der Waals surface area contributed by atoms with Crippen molar-refractivity contribution in [1.82, 2.24) is 0 Å². The predicted molar refractivity (Wildman–Crippen MR) is 116 cm³/mol. The van der Waals surface area contributed by atoms with Crippen LogP contribution in [0, 0.1) is 47.8 Å². The van der Waals surface area contributed by atoms with Crippen molar-refractivity contribution >= 4 is 0 Å². The molecule has 1 atom stereocenters. The van der Waals surface area contributed by atoms with Crippen molar-refractivity contribution in [2.45, 2.75) is 71.1 Å². The van der Waals surface area contributed by atoms with Crippen molar-refractivity contribution in [3.63, 3.8) is 0 Å². The van der Waals surface area contributed by atoms with Crippen molar-refractivity contribution in [2.24, 2.45) is 0 Å². The first kappa shape index (κ1) is 22.2. The Hall–Kier alpha value is -3.09. The second-order valence-electron chi connectivity index (χ2n) is 9.39. The fraction of sp³-hybridized carbons (Fsp3) is 0.423. The first-order valence-corrected chi connectivity index (χ1v) is 9.84. The van der Waals surface area contributed by atoms with E-state index >= 15 is 0 Å². The minimum absolute atomic E-state index is 0.537. The summed E-state index contributed by atoms with van der Waals surface area (Å²) >= 11 is 0. The standard InChI is InChI=1S/C26H29N3/c1-18-8-20(12-21(9-18)24(3,4)15-27)14-26(7,17-29)23-11-19(2)10-22(13-23)25(5,6)16-28/h8-13H,14H2,1-7H3/t26-/m1/s1. The molecule has 0 aliphatic carbocycles. The number of nitrogens with zero attached hydrogens (tertiary/aromatic N) is 3. The largest absolute Gasteiger partial charge is 0.197 e. The summed E-state index contributed by atoms with van der Waals surface area (Å²) in [7, 11) is 0. The third-order valence-corrected chi connectivity index (χ3v) is 5.66. The molecule has 0 unspecified atom stereocenters. The Morgan fingerprint density at radius 3 is 1.55 bits per heavy atom. The van der Waals surface area contributed by atoms with Gasteiger partial charge in [0.05, 0.1) is 34.5 Å².